The predicted octanol–water partition coefficient (Wildman–Crippen LogP) is 1.67. The SMILES string of the molecule is CCn1cc2c(n1)C(CCN)CCC2. The third-order valence-electron chi connectivity index (χ3n) is 3.09. The second-order valence-electron chi connectivity index (χ2n) is 4.06. The fourth-order valence-electron chi connectivity index (χ4n) is 2.33. The minimum Gasteiger partial charge on any atom is -0.330 e. The lowest BCUT2D eigenvalue weighted by Gasteiger charge is -2.19. The Labute approximate surface area is 85.3 Å². The zero-order valence-corrected chi connectivity index (χ0v) is 8.87. The first-order valence-corrected chi connectivity index (χ1v) is 5.61. The molecule has 1 aliphatic carbocycles. The van der Waals surface area contributed by atoms with Gasteiger partial charge >= 0.3 is 0 Å². The molecule has 1 aromatic heterocycles. The van der Waals surface area contributed by atoms with E-state index >= 15 is 0 Å². The van der Waals surface area contributed by atoms with Crippen molar-refractivity contribution in [3.05, 3.63) is 17.5 Å². The standard InChI is InChI=1S/C11H19N3/c1-2-14-8-10-5-3-4-9(6-7-12)11(10)13-14/h8-9H,2-7,12H2,1H3. The Morgan fingerprint density at radius 1 is 1.64 bits per heavy atom. The van der Waals surface area contributed by atoms with E-state index in [1.54, 1.807) is 0 Å². The number of hydrogen-bond donors (Lipinski definition) is 1. The summed E-state index contributed by atoms with van der Waals surface area (Å²) < 4.78 is 2.06. The lowest BCUT2D eigenvalue weighted by atomic mass is 9.86. The lowest BCUT2D eigenvalue weighted by Crippen LogP contribution is -2.13. The van der Waals surface area contributed by atoms with Gasteiger partial charge < -0.3 is 5.73 Å². The molecule has 0 saturated carbocycles. The van der Waals surface area contributed by atoms with Gasteiger partial charge in [-0.3, -0.25) is 4.68 Å². The van der Waals surface area contributed by atoms with Crippen molar-refractivity contribution in [1.82, 2.24) is 9.78 Å². The van der Waals surface area contributed by atoms with E-state index in [4.69, 9.17) is 5.73 Å². The third-order valence-corrected chi connectivity index (χ3v) is 3.09. The molecule has 3 nitrogen and oxygen atoms in total. The van der Waals surface area contributed by atoms with Crippen LogP contribution in [0.3, 0.4) is 0 Å². The summed E-state index contributed by atoms with van der Waals surface area (Å²) in [7, 11) is 0. The van der Waals surface area contributed by atoms with E-state index in [-0.39, 0.29) is 0 Å². The van der Waals surface area contributed by atoms with Gasteiger partial charge in [-0.25, -0.2) is 0 Å². The van der Waals surface area contributed by atoms with Gasteiger partial charge in [0, 0.05) is 18.7 Å². The number of nitrogens with two attached hydrogens (primary N) is 1. The number of fused-ring (bicyclic) bond motifs is 1. The molecule has 1 aromatic rings. The normalized spacial score (nSPS) is 20.9. The first-order chi connectivity index (χ1) is 6.85. The first kappa shape index (κ1) is 9.71. The van der Waals surface area contributed by atoms with E-state index < -0.39 is 0 Å². The maximum absolute atomic E-state index is 5.62. The van der Waals surface area contributed by atoms with E-state index in [2.05, 4.69) is 22.9 Å². The molecule has 78 valence electrons. The summed E-state index contributed by atoms with van der Waals surface area (Å²) in [6.07, 6.45) is 7.07. The van der Waals surface area contributed by atoms with Crippen LogP contribution in [-0.2, 0) is 13.0 Å². The average Bonchev–Trinajstić information content (AvgIpc) is 2.62. The van der Waals surface area contributed by atoms with Crippen LogP contribution >= 0.6 is 0 Å². The molecular formula is C11H19N3. The third kappa shape index (κ3) is 1.69. The van der Waals surface area contributed by atoms with Gasteiger partial charge in [-0.15, -0.1) is 0 Å². The fourth-order valence-corrected chi connectivity index (χ4v) is 2.33. The van der Waals surface area contributed by atoms with Crippen molar-refractivity contribution >= 4 is 0 Å². The molecule has 2 rings (SSSR count). The lowest BCUT2D eigenvalue weighted by molar-refractivity contribution is 0.508. The molecule has 2 N–H and O–H groups in total. The zero-order valence-electron chi connectivity index (χ0n) is 8.87. The van der Waals surface area contributed by atoms with Crippen molar-refractivity contribution in [3.63, 3.8) is 0 Å². The number of aromatic nitrogens is 2. The Kier molecular flexibility index (Phi) is 2.87. The summed E-state index contributed by atoms with van der Waals surface area (Å²) in [6, 6.07) is 0. The molecule has 0 aliphatic heterocycles. The van der Waals surface area contributed by atoms with Crippen LogP contribution in [0.5, 0.6) is 0 Å². The van der Waals surface area contributed by atoms with Crippen LogP contribution in [0.2, 0.25) is 0 Å². The van der Waals surface area contributed by atoms with Gasteiger partial charge in [-0.1, -0.05) is 0 Å². The van der Waals surface area contributed by atoms with Gasteiger partial charge in [0.15, 0.2) is 0 Å². The second-order valence-corrected chi connectivity index (χ2v) is 4.06. The van der Waals surface area contributed by atoms with Gasteiger partial charge in [-0.2, -0.15) is 5.10 Å². The Morgan fingerprint density at radius 3 is 3.21 bits per heavy atom. The van der Waals surface area contributed by atoms with Gasteiger partial charge in [0.1, 0.15) is 0 Å². The van der Waals surface area contributed by atoms with Crippen molar-refractivity contribution in [2.24, 2.45) is 5.73 Å². The van der Waals surface area contributed by atoms with Crippen LogP contribution < -0.4 is 5.73 Å². The zero-order chi connectivity index (χ0) is 9.97. The van der Waals surface area contributed by atoms with E-state index in [0.717, 1.165) is 19.5 Å². The van der Waals surface area contributed by atoms with E-state index in [1.165, 1.54) is 30.5 Å². The maximum Gasteiger partial charge on any atom is 0.0687 e. The molecule has 0 radical (unpaired) electrons. The highest BCUT2D eigenvalue weighted by Gasteiger charge is 2.22. The number of aryl methyl sites for hydroxylation is 2. The van der Waals surface area contributed by atoms with Crippen LogP contribution in [0, 0.1) is 0 Å². The molecular weight excluding hydrogens is 174 g/mol. The molecule has 1 atom stereocenters. The summed E-state index contributed by atoms with van der Waals surface area (Å²) in [5.74, 6) is 0.622. The Morgan fingerprint density at radius 2 is 2.50 bits per heavy atom. The van der Waals surface area contributed by atoms with Crippen molar-refractivity contribution in [3.8, 4) is 0 Å². The van der Waals surface area contributed by atoms with Crippen LogP contribution in [-0.4, -0.2) is 16.3 Å². The molecule has 0 fully saturated rings. The monoisotopic (exact) mass is 193 g/mol. The van der Waals surface area contributed by atoms with Gasteiger partial charge in [-0.05, 0) is 44.7 Å². The maximum atomic E-state index is 5.62. The van der Waals surface area contributed by atoms with Crippen LogP contribution in [0.1, 0.15) is 43.4 Å². The summed E-state index contributed by atoms with van der Waals surface area (Å²) in [5.41, 5.74) is 8.40. The Bertz CT molecular complexity index is 303. The van der Waals surface area contributed by atoms with Crippen molar-refractivity contribution < 1.29 is 0 Å². The molecule has 0 spiro atoms. The highest BCUT2D eigenvalue weighted by atomic mass is 15.3. The molecule has 0 amide bonds. The molecule has 1 aliphatic rings. The van der Waals surface area contributed by atoms with Crippen LogP contribution in [0.25, 0.3) is 0 Å². The Hall–Kier alpha value is -0.830. The molecule has 1 unspecified atom stereocenters. The fraction of sp³-hybridized carbons (Fsp3) is 0.727. The molecule has 0 saturated heterocycles. The average molecular weight is 193 g/mol. The molecule has 3 heteroatoms. The van der Waals surface area contributed by atoms with Crippen molar-refractivity contribution in [2.75, 3.05) is 6.54 Å². The van der Waals surface area contributed by atoms with Crippen molar-refractivity contribution in [1.29, 1.82) is 0 Å². The summed E-state index contributed by atoms with van der Waals surface area (Å²) in [5, 5.41) is 4.63. The quantitative estimate of drug-likeness (QED) is 0.793. The highest BCUT2D eigenvalue weighted by molar-refractivity contribution is 5.24. The largest absolute Gasteiger partial charge is 0.330 e. The van der Waals surface area contributed by atoms with E-state index in [0.29, 0.717) is 5.92 Å². The topological polar surface area (TPSA) is 43.8 Å². The first-order valence-electron chi connectivity index (χ1n) is 5.61. The highest BCUT2D eigenvalue weighted by Crippen LogP contribution is 2.32. The van der Waals surface area contributed by atoms with E-state index in [1.807, 2.05) is 0 Å². The molecule has 0 aromatic carbocycles. The minimum absolute atomic E-state index is 0.622. The number of rotatable bonds is 3. The van der Waals surface area contributed by atoms with Gasteiger partial charge in [0.25, 0.3) is 0 Å². The minimum atomic E-state index is 0.622. The predicted molar refractivity (Wildman–Crippen MR) is 57.3 cm³/mol. The van der Waals surface area contributed by atoms with Crippen LogP contribution in [0.15, 0.2) is 6.20 Å². The molecule has 14 heavy (non-hydrogen) atoms. The second kappa shape index (κ2) is 4.13. The van der Waals surface area contributed by atoms with Gasteiger partial charge in [0.2, 0.25) is 0 Å². The van der Waals surface area contributed by atoms with E-state index in [9.17, 15) is 0 Å². The summed E-state index contributed by atoms with van der Waals surface area (Å²) >= 11 is 0. The number of hydrogen-bond acceptors (Lipinski definition) is 2. The molecule has 1 heterocycles. The summed E-state index contributed by atoms with van der Waals surface area (Å²) in [4.78, 5) is 0. The summed E-state index contributed by atoms with van der Waals surface area (Å²) in [6.45, 7) is 3.89. The Balaban J connectivity index is 2.24. The van der Waals surface area contributed by atoms with Crippen molar-refractivity contribution in [2.45, 2.75) is 45.1 Å². The van der Waals surface area contributed by atoms with Crippen LogP contribution in [0.4, 0.5) is 0 Å². The smallest absolute Gasteiger partial charge is 0.0687 e. The van der Waals surface area contributed by atoms with Gasteiger partial charge in [0.05, 0.1) is 5.69 Å². The molecule has 0 bridgehead atoms. The number of nitrogens with zero attached hydrogens (tertiary/aromatic N) is 2.